The van der Waals surface area contributed by atoms with Crippen LogP contribution in [0.25, 0.3) is 0 Å². The Morgan fingerprint density at radius 1 is 1.38 bits per heavy atom. The predicted molar refractivity (Wildman–Crippen MR) is 57.7 cm³/mol. The average molecular weight is 255 g/mol. The van der Waals surface area contributed by atoms with Crippen molar-refractivity contribution in [2.45, 2.75) is 30.3 Å². The van der Waals surface area contributed by atoms with Gasteiger partial charge in [0.25, 0.3) is 5.91 Å². The molecule has 0 fully saturated rings. The van der Waals surface area contributed by atoms with E-state index in [1.54, 1.807) is 0 Å². The van der Waals surface area contributed by atoms with Crippen LogP contribution >= 0.6 is 12.6 Å². The van der Waals surface area contributed by atoms with Crippen LogP contribution in [-0.4, -0.2) is 67.7 Å². The lowest BCUT2D eigenvalue weighted by molar-refractivity contribution is -0.174. The predicted octanol–water partition coefficient (Wildman–Crippen LogP) is -3.40. The van der Waals surface area contributed by atoms with Crippen molar-refractivity contribution in [3.05, 3.63) is 0 Å². The molecule has 96 valence electrons. The van der Waals surface area contributed by atoms with Gasteiger partial charge in [-0.1, -0.05) is 0 Å². The van der Waals surface area contributed by atoms with Gasteiger partial charge in [0, 0.05) is 0 Å². The molecule has 0 bridgehead atoms. The SMILES string of the molecule is NC(=O)[C@@](O)(CCS)[C@@H](O)[C@H](O)[C@H](O)CO. The molecule has 0 spiro atoms. The molecule has 16 heavy (non-hydrogen) atoms. The first kappa shape index (κ1) is 15.6. The highest BCUT2D eigenvalue weighted by atomic mass is 32.1. The van der Waals surface area contributed by atoms with E-state index in [-0.39, 0.29) is 12.2 Å². The van der Waals surface area contributed by atoms with Gasteiger partial charge in [0.15, 0.2) is 5.60 Å². The van der Waals surface area contributed by atoms with Gasteiger partial charge in [-0.2, -0.15) is 12.6 Å². The fourth-order valence-electron chi connectivity index (χ4n) is 1.19. The summed E-state index contributed by atoms with van der Waals surface area (Å²) >= 11 is 3.77. The maximum absolute atomic E-state index is 11.0. The van der Waals surface area contributed by atoms with Gasteiger partial charge in [-0.15, -0.1) is 0 Å². The number of amides is 1. The minimum atomic E-state index is -2.39. The summed E-state index contributed by atoms with van der Waals surface area (Å²) < 4.78 is 0. The van der Waals surface area contributed by atoms with Crippen molar-refractivity contribution >= 4 is 18.5 Å². The highest BCUT2D eigenvalue weighted by Gasteiger charge is 2.46. The third kappa shape index (κ3) is 3.30. The van der Waals surface area contributed by atoms with Crippen molar-refractivity contribution in [2.24, 2.45) is 5.73 Å². The second-order valence-corrected chi connectivity index (χ2v) is 3.89. The smallest absolute Gasteiger partial charge is 0.252 e. The molecule has 0 aliphatic carbocycles. The van der Waals surface area contributed by atoms with E-state index < -0.39 is 36.4 Å². The third-order valence-electron chi connectivity index (χ3n) is 2.31. The van der Waals surface area contributed by atoms with Crippen LogP contribution in [0, 0.1) is 0 Å². The van der Waals surface area contributed by atoms with Crippen molar-refractivity contribution in [3.8, 4) is 0 Å². The molecule has 0 aliphatic rings. The number of nitrogens with two attached hydrogens (primary N) is 1. The molecule has 0 aromatic carbocycles. The van der Waals surface area contributed by atoms with Crippen LogP contribution in [0.5, 0.6) is 0 Å². The van der Waals surface area contributed by atoms with Crippen LogP contribution in [0.4, 0.5) is 0 Å². The van der Waals surface area contributed by atoms with E-state index in [9.17, 15) is 20.1 Å². The van der Waals surface area contributed by atoms with E-state index in [1.165, 1.54) is 0 Å². The standard InChI is InChI=1S/C8H17NO6S/c9-7(14)8(15,1-2-16)6(13)5(12)4(11)3-10/h4-6,10-13,15-16H,1-3H2,(H2,9,14)/t4-,5-,6+,8-/m1/s1. The number of hydrogen-bond donors (Lipinski definition) is 7. The van der Waals surface area contributed by atoms with Crippen LogP contribution in [0.1, 0.15) is 6.42 Å². The molecule has 0 rings (SSSR count). The molecular formula is C8H17NO6S. The van der Waals surface area contributed by atoms with Gasteiger partial charge >= 0.3 is 0 Å². The summed E-state index contributed by atoms with van der Waals surface area (Å²) in [5.41, 5.74) is 2.51. The molecule has 0 aliphatic heterocycles. The zero-order valence-corrected chi connectivity index (χ0v) is 9.42. The summed E-state index contributed by atoms with van der Waals surface area (Å²) in [6.07, 6.45) is -5.86. The molecule has 0 radical (unpaired) electrons. The van der Waals surface area contributed by atoms with E-state index in [0.29, 0.717) is 0 Å². The lowest BCUT2D eigenvalue weighted by Crippen LogP contribution is -2.60. The number of carbonyl (C=O) groups excluding carboxylic acids is 1. The Hall–Kier alpha value is -0.380. The quantitative estimate of drug-likeness (QED) is 0.236. The second-order valence-electron chi connectivity index (χ2n) is 3.45. The summed E-state index contributed by atoms with van der Waals surface area (Å²) in [4.78, 5) is 11.0. The molecule has 0 aromatic rings. The largest absolute Gasteiger partial charge is 0.394 e. The lowest BCUT2D eigenvalue weighted by Gasteiger charge is -2.33. The topological polar surface area (TPSA) is 144 Å². The number of carbonyl (C=O) groups is 1. The molecule has 0 saturated carbocycles. The molecule has 0 saturated heterocycles. The van der Waals surface area contributed by atoms with Crippen molar-refractivity contribution in [3.63, 3.8) is 0 Å². The van der Waals surface area contributed by atoms with Gasteiger partial charge in [0.1, 0.15) is 18.3 Å². The van der Waals surface area contributed by atoms with Gasteiger partial charge in [0.2, 0.25) is 0 Å². The molecule has 4 atom stereocenters. The molecular weight excluding hydrogens is 238 g/mol. The summed E-state index contributed by atoms with van der Waals surface area (Å²) in [5, 5.41) is 46.2. The van der Waals surface area contributed by atoms with E-state index in [1.807, 2.05) is 0 Å². The Bertz CT molecular complexity index is 241. The maximum atomic E-state index is 11.0. The number of thiol groups is 1. The summed E-state index contributed by atoms with van der Waals surface area (Å²) in [5.74, 6) is -1.20. The Kier molecular flexibility index (Phi) is 6.23. The normalized spacial score (nSPS) is 20.9. The van der Waals surface area contributed by atoms with Crippen molar-refractivity contribution in [2.75, 3.05) is 12.4 Å². The average Bonchev–Trinajstić information content (AvgIpc) is 2.25. The van der Waals surface area contributed by atoms with Gasteiger partial charge in [-0.3, -0.25) is 4.79 Å². The Morgan fingerprint density at radius 3 is 2.19 bits per heavy atom. The van der Waals surface area contributed by atoms with Crippen molar-refractivity contribution in [1.82, 2.24) is 0 Å². The summed E-state index contributed by atoms with van der Waals surface area (Å²) in [7, 11) is 0. The van der Waals surface area contributed by atoms with Gasteiger partial charge in [0.05, 0.1) is 6.61 Å². The second kappa shape index (κ2) is 6.38. The fraction of sp³-hybridized carbons (Fsp3) is 0.875. The highest BCUT2D eigenvalue weighted by molar-refractivity contribution is 7.80. The number of rotatable bonds is 7. The Morgan fingerprint density at radius 2 is 1.88 bits per heavy atom. The zero-order chi connectivity index (χ0) is 12.9. The molecule has 0 unspecified atom stereocenters. The van der Waals surface area contributed by atoms with E-state index in [4.69, 9.17) is 15.9 Å². The monoisotopic (exact) mass is 255 g/mol. The first-order valence-electron chi connectivity index (χ1n) is 4.59. The first-order valence-corrected chi connectivity index (χ1v) is 5.22. The Balaban J connectivity index is 4.87. The van der Waals surface area contributed by atoms with E-state index in [0.717, 1.165) is 0 Å². The van der Waals surface area contributed by atoms with E-state index in [2.05, 4.69) is 12.6 Å². The summed E-state index contributed by atoms with van der Waals surface area (Å²) in [6, 6.07) is 0. The van der Waals surface area contributed by atoms with Crippen molar-refractivity contribution < 1.29 is 30.3 Å². The maximum Gasteiger partial charge on any atom is 0.252 e. The third-order valence-corrected chi connectivity index (χ3v) is 2.54. The lowest BCUT2D eigenvalue weighted by atomic mass is 9.87. The minimum absolute atomic E-state index is 0.0401. The molecule has 8 heteroatoms. The Labute approximate surface area is 97.9 Å². The van der Waals surface area contributed by atoms with Gasteiger partial charge < -0.3 is 31.3 Å². The molecule has 7 nitrogen and oxygen atoms in total. The molecule has 7 N–H and O–H groups in total. The number of primary amides is 1. The van der Waals surface area contributed by atoms with Crippen molar-refractivity contribution in [1.29, 1.82) is 0 Å². The first-order chi connectivity index (χ1) is 7.31. The van der Waals surface area contributed by atoms with E-state index >= 15 is 0 Å². The van der Waals surface area contributed by atoms with Crippen LogP contribution in [0.2, 0.25) is 0 Å². The number of aliphatic hydroxyl groups excluding tert-OH is 4. The van der Waals surface area contributed by atoms with Crippen LogP contribution < -0.4 is 5.73 Å². The highest BCUT2D eigenvalue weighted by Crippen LogP contribution is 2.20. The number of aliphatic hydroxyl groups is 5. The minimum Gasteiger partial charge on any atom is -0.394 e. The molecule has 0 heterocycles. The van der Waals surface area contributed by atoms with Gasteiger partial charge in [-0.25, -0.2) is 0 Å². The molecule has 0 aromatic heterocycles. The zero-order valence-electron chi connectivity index (χ0n) is 8.52. The summed E-state index contributed by atoms with van der Waals surface area (Å²) in [6.45, 7) is -0.825. The van der Waals surface area contributed by atoms with Crippen LogP contribution in [0.3, 0.4) is 0 Å². The van der Waals surface area contributed by atoms with Crippen LogP contribution in [-0.2, 0) is 4.79 Å². The van der Waals surface area contributed by atoms with Crippen LogP contribution in [0.15, 0.2) is 0 Å². The fourth-order valence-corrected chi connectivity index (χ4v) is 1.53. The van der Waals surface area contributed by atoms with Gasteiger partial charge in [-0.05, 0) is 12.2 Å². The molecule has 1 amide bonds. The number of hydrogen-bond acceptors (Lipinski definition) is 7.